The fourth-order valence-electron chi connectivity index (χ4n) is 1.68. The van der Waals surface area contributed by atoms with Gasteiger partial charge in [0.2, 0.25) is 0 Å². The van der Waals surface area contributed by atoms with Crippen LogP contribution in [0.2, 0.25) is 0 Å². The number of benzene rings is 1. The molecule has 0 saturated carbocycles. The van der Waals surface area contributed by atoms with Crippen molar-refractivity contribution in [2.24, 2.45) is 0 Å². The summed E-state index contributed by atoms with van der Waals surface area (Å²) < 4.78 is 5.02. The molecule has 1 atom stereocenters. The molecule has 1 unspecified atom stereocenters. The lowest BCUT2D eigenvalue weighted by Gasteiger charge is -2.27. The van der Waals surface area contributed by atoms with Crippen molar-refractivity contribution in [1.29, 1.82) is 0 Å². The van der Waals surface area contributed by atoms with Crippen LogP contribution in [-0.4, -0.2) is 24.1 Å². The van der Waals surface area contributed by atoms with Gasteiger partial charge in [0.15, 0.2) is 0 Å². The quantitative estimate of drug-likeness (QED) is 0.781. The molecule has 88 valence electrons. The summed E-state index contributed by atoms with van der Waals surface area (Å²) in [6.07, 6.45) is -0.249. The molecule has 0 fully saturated rings. The summed E-state index contributed by atoms with van der Waals surface area (Å²) in [5.74, 6) is 0. The molecule has 0 aromatic heterocycles. The van der Waals surface area contributed by atoms with E-state index in [9.17, 15) is 4.79 Å². The Hall–Kier alpha value is -1.51. The Balaban J connectivity index is 2.77. The lowest BCUT2D eigenvalue weighted by molar-refractivity contribution is 0.0954. The number of rotatable bonds is 4. The van der Waals surface area contributed by atoms with Gasteiger partial charge in [0.05, 0.1) is 12.6 Å². The van der Waals surface area contributed by atoms with Crippen LogP contribution in [0, 0.1) is 0 Å². The van der Waals surface area contributed by atoms with Gasteiger partial charge in [-0.3, -0.25) is 0 Å². The first kappa shape index (κ1) is 12.6. The average Bonchev–Trinajstić information content (AvgIpc) is 2.31. The fraction of sp³-hybridized carbons (Fsp3) is 0.462. The number of nitrogens with zero attached hydrogens (tertiary/aromatic N) is 1. The van der Waals surface area contributed by atoms with Crippen molar-refractivity contribution >= 4 is 6.09 Å². The van der Waals surface area contributed by atoms with E-state index in [0.717, 1.165) is 5.56 Å². The highest BCUT2D eigenvalue weighted by atomic mass is 16.6. The van der Waals surface area contributed by atoms with E-state index in [1.807, 2.05) is 51.1 Å². The number of ether oxygens (including phenoxy) is 1. The van der Waals surface area contributed by atoms with Crippen molar-refractivity contribution in [3.63, 3.8) is 0 Å². The molecule has 1 aromatic carbocycles. The number of hydrogen-bond acceptors (Lipinski definition) is 2. The monoisotopic (exact) mass is 221 g/mol. The summed E-state index contributed by atoms with van der Waals surface area (Å²) in [5, 5.41) is 0. The fourth-order valence-corrected chi connectivity index (χ4v) is 1.68. The van der Waals surface area contributed by atoms with Crippen molar-refractivity contribution in [3.8, 4) is 0 Å². The standard InChI is InChI=1S/C13H19NO2/c1-4-14(13(15)16-5-2)11(3)12-9-7-6-8-10-12/h6-11H,4-5H2,1-3H3. The molecule has 0 N–H and O–H groups in total. The third-order valence-corrected chi connectivity index (χ3v) is 2.59. The molecule has 16 heavy (non-hydrogen) atoms. The van der Waals surface area contributed by atoms with E-state index in [1.165, 1.54) is 0 Å². The Morgan fingerprint density at radius 3 is 2.44 bits per heavy atom. The SMILES string of the molecule is CCOC(=O)N(CC)C(C)c1ccccc1. The Labute approximate surface area is 97.0 Å². The second kappa shape index (κ2) is 6.16. The molecule has 0 heterocycles. The zero-order valence-corrected chi connectivity index (χ0v) is 10.1. The molecular weight excluding hydrogens is 202 g/mol. The van der Waals surface area contributed by atoms with Crippen molar-refractivity contribution in [2.75, 3.05) is 13.2 Å². The van der Waals surface area contributed by atoms with Gasteiger partial charge in [-0.15, -0.1) is 0 Å². The molecular formula is C13H19NO2. The summed E-state index contributed by atoms with van der Waals surface area (Å²) >= 11 is 0. The Kier molecular flexibility index (Phi) is 4.83. The Morgan fingerprint density at radius 1 is 1.31 bits per heavy atom. The van der Waals surface area contributed by atoms with Crippen LogP contribution in [-0.2, 0) is 4.74 Å². The Bertz CT molecular complexity index is 324. The van der Waals surface area contributed by atoms with Gasteiger partial charge in [0.25, 0.3) is 0 Å². The Morgan fingerprint density at radius 2 is 1.94 bits per heavy atom. The van der Waals surface area contributed by atoms with E-state index >= 15 is 0 Å². The zero-order valence-electron chi connectivity index (χ0n) is 10.1. The molecule has 0 radical (unpaired) electrons. The summed E-state index contributed by atoms with van der Waals surface area (Å²) in [4.78, 5) is 13.4. The van der Waals surface area contributed by atoms with Gasteiger partial charge >= 0.3 is 6.09 Å². The van der Waals surface area contributed by atoms with Crippen LogP contribution in [0.25, 0.3) is 0 Å². The van der Waals surface area contributed by atoms with Gasteiger partial charge < -0.3 is 9.64 Å². The minimum Gasteiger partial charge on any atom is -0.450 e. The van der Waals surface area contributed by atoms with E-state index in [1.54, 1.807) is 4.90 Å². The van der Waals surface area contributed by atoms with Crippen molar-refractivity contribution < 1.29 is 9.53 Å². The summed E-state index contributed by atoms with van der Waals surface area (Å²) in [5.41, 5.74) is 1.12. The van der Waals surface area contributed by atoms with E-state index < -0.39 is 0 Å². The second-order valence-corrected chi connectivity index (χ2v) is 3.57. The van der Waals surface area contributed by atoms with E-state index in [0.29, 0.717) is 13.2 Å². The van der Waals surface area contributed by atoms with Gasteiger partial charge in [-0.05, 0) is 26.3 Å². The van der Waals surface area contributed by atoms with Crippen LogP contribution in [0.15, 0.2) is 30.3 Å². The molecule has 3 nitrogen and oxygen atoms in total. The first-order valence-electron chi connectivity index (χ1n) is 5.69. The smallest absolute Gasteiger partial charge is 0.410 e. The highest BCUT2D eigenvalue weighted by molar-refractivity contribution is 5.68. The minimum absolute atomic E-state index is 0.0465. The molecule has 0 spiro atoms. The van der Waals surface area contributed by atoms with Gasteiger partial charge in [0, 0.05) is 6.54 Å². The molecule has 0 aliphatic carbocycles. The average molecular weight is 221 g/mol. The van der Waals surface area contributed by atoms with Crippen LogP contribution in [0.1, 0.15) is 32.4 Å². The van der Waals surface area contributed by atoms with Crippen LogP contribution >= 0.6 is 0 Å². The zero-order chi connectivity index (χ0) is 12.0. The maximum atomic E-state index is 11.7. The minimum atomic E-state index is -0.249. The van der Waals surface area contributed by atoms with Crippen molar-refractivity contribution in [3.05, 3.63) is 35.9 Å². The summed E-state index contributed by atoms with van der Waals surface area (Å²) in [6, 6.07) is 10.0. The summed E-state index contributed by atoms with van der Waals surface area (Å²) in [7, 11) is 0. The highest BCUT2D eigenvalue weighted by Gasteiger charge is 2.20. The molecule has 0 saturated heterocycles. The van der Waals surface area contributed by atoms with Gasteiger partial charge in [-0.2, -0.15) is 0 Å². The van der Waals surface area contributed by atoms with Gasteiger partial charge in [0.1, 0.15) is 0 Å². The number of carbonyl (C=O) groups is 1. The van der Waals surface area contributed by atoms with E-state index in [-0.39, 0.29) is 12.1 Å². The molecule has 1 aromatic rings. The van der Waals surface area contributed by atoms with Crippen molar-refractivity contribution in [2.45, 2.75) is 26.8 Å². The van der Waals surface area contributed by atoms with Crippen LogP contribution in [0.3, 0.4) is 0 Å². The lowest BCUT2D eigenvalue weighted by atomic mass is 10.1. The molecule has 1 rings (SSSR count). The predicted molar refractivity (Wildman–Crippen MR) is 64.3 cm³/mol. The third kappa shape index (κ3) is 2.99. The molecule has 3 heteroatoms. The normalized spacial score (nSPS) is 11.9. The highest BCUT2D eigenvalue weighted by Crippen LogP contribution is 2.20. The third-order valence-electron chi connectivity index (χ3n) is 2.59. The maximum Gasteiger partial charge on any atom is 0.410 e. The first-order chi connectivity index (χ1) is 7.70. The number of hydrogen-bond donors (Lipinski definition) is 0. The first-order valence-corrected chi connectivity index (χ1v) is 5.69. The molecule has 0 bridgehead atoms. The molecule has 1 amide bonds. The van der Waals surface area contributed by atoms with E-state index in [4.69, 9.17) is 4.74 Å². The summed E-state index contributed by atoms with van der Waals surface area (Å²) in [6.45, 7) is 6.84. The number of amides is 1. The van der Waals surface area contributed by atoms with Gasteiger partial charge in [-0.25, -0.2) is 4.79 Å². The van der Waals surface area contributed by atoms with Crippen LogP contribution in [0.4, 0.5) is 4.79 Å². The topological polar surface area (TPSA) is 29.5 Å². The molecule has 0 aliphatic rings. The van der Waals surface area contributed by atoms with E-state index in [2.05, 4.69) is 0 Å². The second-order valence-electron chi connectivity index (χ2n) is 3.57. The van der Waals surface area contributed by atoms with Crippen molar-refractivity contribution in [1.82, 2.24) is 4.90 Å². The predicted octanol–water partition coefficient (Wildman–Crippen LogP) is 3.23. The number of carbonyl (C=O) groups excluding carboxylic acids is 1. The van der Waals surface area contributed by atoms with Crippen LogP contribution < -0.4 is 0 Å². The lowest BCUT2D eigenvalue weighted by Crippen LogP contribution is -2.33. The van der Waals surface area contributed by atoms with Gasteiger partial charge in [-0.1, -0.05) is 30.3 Å². The maximum absolute atomic E-state index is 11.7. The largest absolute Gasteiger partial charge is 0.450 e. The molecule has 0 aliphatic heterocycles. The van der Waals surface area contributed by atoms with Crippen LogP contribution in [0.5, 0.6) is 0 Å².